The predicted molar refractivity (Wildman–Crippen MR) is 88.3 cm³/mol. The molecule has 0 radical (unpaired) electrons. The molecule has 0 saturated carbocycles. The zero-order valence-electron chi connectivity index (χ0n) is 12.5. The Hall–Kier alpha value is -3.28. The third kappa shape index (κ3) is 3.73. The summed E-state index contributed by atoms with van der Waals surface area (Å²) < 4.78 is 26.7. The molecule has 24 heavy (non-hydrogen) atoms. The van der Waals surface area contributed by atoms with E-state index in [1.807, 2.05) is 0 Å². The molecule has 0 unspecified atom stereocenters. The van der Waals surface area contributed by atoms with Crippen molar-refractivity contribution in [1.29, 1.82) is 0 Å². The predicted octanol–water partition coefficient (Wildman–Crippen LogP) is 4.36. The average molecular weight is 325 g/mol. The fourth-order valence-corrected chi connectivity index (χ4v) is 2.10. The normalized spacial score (nSPS) is 10.2. The summed E-state index contributed by atoms with van der Waals surface area (Å²) in [7, 11) is 0. The standard InChI is InChI=1S/C18H13F2N3O/c19-12-4-3-5-13(10-12)22-14-8-9-17(21-11-14)23-18(24)15-6-1-2-7-16(15)20/h1-11,22H,(H,21,23,24). The smallest absolute Gasteiger partial charge is 0.259 e. The topological polar surface area (TPSA) is 54.0 Å². The van der Waals surface area contributed by atoms with Crippen LogP contribution in [0.2, 0.25) is 0 Å². The van der Waals surface area contributed by atoms with E-state index < -0.39 is 11.7 Å². The van der Waals surface area contributed by atoms with Gasteiger partial charge in [-0.2, -0.15) is 0 Å². The zero-order chi connectivity index (χ0) is 16.9. The van der Waals surface area contributed by atoms with Gasteiger partial charge in [-0.1, -0.05) is 18.2 Å². The van der Waals surface area contributed by atoms with Gasteiger partial charge in [0, 0.05) is 5.69 Å². The van der Waals surface area contributed by atoms with Gasteiger partial charge in [0.25, 0.3) is 5.91 Å². The largest absolute Gasteiger partial charge is 0.354 e. The fourth-order valence-electron chi connectivity index (χ4n) is 2.10. The lowest BCUT2D eigenvalue weighted by Crippen LogP contribution is -2.14. The van der Waals surface area contributed by atoms with Crippen LogP contribution in [0, 0.1) is 11.6 Å². The van der Waals surface area contributed by atoms with Crippen LogP contribution in [0.1, 0.15) is 10.4 Å². The maximum atomic E-state index is 13.6. The summed E-state index contributed by atoms with van der Waals surface area (Å²) in [6.07, 6.45) is 1.49. The third-order valence-electron chi connectivity index (χ3n) is 3.24. The Balaban J connectivity index is 1.68. The lowest BCUT2D eigenvalue weighted by Gasteiger charge is -2.08. The molecule has 0 aliphatic carbocycles. The Morgan fingerprint density at radius 1 is 0.917 bits per heavy atom. The van der Waals surface area contributed by atoms with Gasteiger partial charge in [-0.05, 0) is 42.5 Å². The Morgan fingerprint density at radius 3 is 2.46 bits per heavy atom. The first-order valence-corrected chi connectivity index (χ1v) is 7.16. The quantitative estimate of drug-likeness (QED) is 0.749. The molecule has 2 N–H and O–H groups in total. The fraction of sp³-hybridized carbons (Fsp3) is 0. The number of nitrogens with one attached hydrogen (secondary N) is 2. The zero-order valence-corrected chi connectivity index (χ0v) is 12.5. The number of hydrogen-bond acceptors (Lipinski definition) is 3. The summed E-state index contributed by atoms with van der Waals surface area (Å²) in [4.78, 5) is 16.1. The lowest BCUT2D eigenvalue weighted by molar-refractivity contribution is 0.102. The molecule has 1 amide bonds. The van der Waals surface area contributed by atoms with Gasteiger partial charge in [0.1, 0.15) is 17.5 Å². The summed E-state index contributed by atoms with van der Waals surface area (Å²) in [5.41, 5.74) is 1.16. The number of amides is 1. The molecule has 0 atom stereocenters. The van der Waals surface area contributed by atoms with E-state index in [9.17, 15) is 13.6 Å². The molecule has 1 heterocycles. The molecule has 3 rings (SSSR count). The van der Waals surface area contributed by atoms with Gasteiger partial charge in [-0.15, -0.1) is 0 Å². The summed E-state index contributed by atoms with van der Waals surface area (Å²) in [6.45, 7) is 0. The minimum absolute atomic E-state index is 0.0544. The summed E-state index contributed by atoms with van der Waals surface area (Å²) >= 11 is 0. The molecular formula is C18H13F2N3O. The molecule has 4 nitrogen and oxygen atoms in total. The molecule has 120 valence electrons. The Morgan fingerprint density at radius 2 is 1.75 bits per heavy atom. The molecule has 0 saturated heterocycles. The molecule has 0 aliphatic rings. The van der Waals surface area contributed by atoms with Crippen molar-refractivity contribution < 1.29 is 13.6 Å². The lowest BCUT2D eigenvalue weighted by atomic mass is 10.2. The van der Waals surface area contributed by atoms with E-state index in [0.29, 0.717) is 11.4 Å². The van der Waals surface area contributed by atoms with Crippen LogP contribution in [-0.2, 0) is 0 Å². The van der Waals surface area contributed by atoms with Crippen LogP contribution in [0.4, 0.5) is 26.0 Å². The van der Waals surface area contributed by atoms with Crippen molar-refractivity contribution in [2.45, 2.75) is 0 Å². The summed E-state index contributed by atoms with van der Waals surface area (Å²) in [5, 5.41) is 5.51. The van der Waals surface area contributed by atoms with Gasteiger partial charge >= 0.3 is 0 Å². The van der Waals surface area contributed by atoms with Crippen LogP contribution < -0.4 is 10.6 Å². The van der Waals surface area contributed by atoms with Gasteiger partial charge in [0.05, 0.1) is 17.4 Å². The number of aromatic nitrogens is 1. The van der Waals surface area contributed by atoms with E-state index in [1.54, 1.807) is 30.3 Å². The maximum Gasteiger partial charge on any atom is 0.259 e. The number of benzene rings is 2. The van der Waals surface area contributed by atoms with E-state index >= 15 is 0 Å². The van der Waals surface area contributed by atoms with E-state index in [0.717, 1.165) is 0 Å². The first kappa shape index (κ1) is 15.6. The third-order valence-corrected chi connectivity index (χ3v) is 3.24. The van der Waals surface area contributed by atoms with Crippen LogP contribution in [0.3, 0.4) is 0 Å². The molecule has 0 aliphatic heterocycles. The number of carbonyl (C=O) groups is 1. The Labute approximate surface area is 137 Å². The number of anilines is 3. The maximum absolute atomic E-state index is 13.6. The molecule has 6 heteroatoms. The molecule has 3 aromatic rings. The van der Waals surface area contributed by atoms with Crippen molar-refractivity contribution in [2.24, 2.45) is 0 Å². The van der Waals surface area contributed by atoms with Crippen molar-refractivity contribution in [3.63, 3.8) is 0 Å². The second-order valence-corrected chi connectivity index (χ2v) is 5.00. The van der Waals surface area contributed by atoms with Crippen LogP contribution in [0.5, 0.6) is 0 Å². The number of nitrogens with zero attached hydrogens (tertiary/aromatic N) is 1. The molecule has 0 fully saturated rings. The second kappa shape index (κ2) is 6.87. The van der Waals surface area contributed by atoms with E-state index in [1.165, 1.54) is 36.5 Å². The monoisotopic (exact) mass is 325 g/mol. The van der Waals surface area contributed by atoms with Crippen LogP contribution in [-0.4, -0.2) is 10.9 Å². The number of rotatable bonds is 4. The number of pyridine rings is 1. The molecule has 2 aromatic carbocycles. The van der Waals surface area contributed by atoms with Crippen LogP contribution in [0.25, 0.3) is 0 Å². The highest BCUT2D eigenvalue weighted by Gasteiger charge is 2.11. The first-order chi connectivity index (χ1) is 11.6. The summed E-state index contributed by atoms with van der Waals surface area (Å²) in [6, 6.07) is 15.0. The van der Waals surface area contributed by atoms with E-state index in [-0.39, 0.29) is 17.2 Å². The van der Waals surface area contributed by atoms with Crippen molar-refractivity contribution in [3.8, 4) is 0 Å². The Kier molecular flexibility index (Phi) is 4.47. The van der Waals surface area contributed by atoms with Gasteiger partial charge in [-0.3, -0.25) is 4.79 Å². The molecule has 0 spiro atoms. The molecule has 0 bridgehead atoms. The molecule has 1 aromatic heterocycles. The number of hydrogen-bond donors (Lipinski definition) is 2. The van der Waals surface area contributed by atoms with Crippen molar-refractivity contribution in [1.82, 2.24) is 4.98 Å². The highest BCUT2D eigenvalue weighted by atomic mass is 19.1. The van der Waals surface area contributed by atoms with Gasteiger partial charge in [-0.25, -0.2) is 13.8 Å². The van der Waals surface area contributed by atoms with Crippen molar-refractivity contribution in [2.75, 3.05) is 10.6 Å². The van der Waals surface area contributed by atoms with Crippen LogP contribution >= 0.6 is 0 Å². The van der Waals surface area contributed by atoms with Crippen molar-refractivity contribution in [3.05, 3.63) is 84.1 Å². The molecular weight excluding hydrogens is 312 g/mol. The SMILES string of the molecule is O=C(Nc1ccc(Nc2cccc(F)c2)cn1)c1ccccc1F. The second-order valence-electron chi connectivity index (χ2n) is 5.00. The minimum Gasteiger partial charge on any atom is -0.354 e. The average Bonchev–Trinajstić information content (AvgIpc) is 2.57. The van der Waals surface area contributed by atoms with Crippen molar-refractivity contribution >= 4 is 23.1 Å². The minimum atomic E-state index is -0.598. The van der Waals surface area contributed by atoms with E-state index in [2.05, 4.69) is 15.6 Å². The van der Waals surface area contributed by atoms with E-state index in [4.69, 9.17) is 0 Å². The van der Waals surface area contributed by atoms with Gasteiger partial charge < -0.3 is 10.6 Å². The number of halogens is 2. The Bertz CT molecular complexity index is 866. The van der Waals surface area contributed by atoms with Gasteiger partial charge in [0.2, 0.25) is 0 Å². The number of carbonyl (C=O) groups excluding carboxylic acids is 1. The first-order valence-electron chi connectivity index (χ1n) is 7.16. The van der Waals surface area contributed by atoms with Crippen LogP contribution in [0.15, 0.2) is 66.9 Å². The highest BCUT2D eigenvalue weighted by molar-refractivity contribution is 6.03. The van der Waals surface area contributed by atoms with Gasteiger partial charge in [0.15, 0.2) is 0 Å². The highest BCUT2D eigenvalue weighted by Crippen LogP contribution is 2.18. The summed E-state index contributed by atoms with van der Waals surface area (Å²) in [5.74, 6) is -1.24.